The number of H-pyrrole nitrogens is 1. The van der Waals surface area contributed by atoms with E-state index >= 15 is 0 Å². The lowest BCUT2D eigenvalue weighted by atomic mass is 10.00. The first-order chi connectivity index (χ1) is 17.3. The van der Waals surface area contributed by atoms with Crippen molar-refractivity contribution in [3.05, 3.63) is 78.5 Å². The number of aldehydes is 1. The van der Waals surface area contributed by atoms with Gasteiger partial charge in [0.15, 0.2) is 0 Å². The van der Waals surface area contributed by atoms with Crippen LogP contribution in [0, 0.1) is 5.92 Å². The average molecular weight is 507 g/mol. The van der Waals surface area contributed by atoms with Crippen LogP contribution in [0.25, 0.3) is 21.7 Å². The van der Waals surface area contributed by atoms with Gasteiger partial charge in [-0.05, 0) is 35.4 Å². The van der Waals surface area contributed by atoms with Gasteiger partial charge in [0.1, 0.15) is 12.3 Å². The lowest BCUT2D eigenvalue weighted by Crippen LogP contribution is -2.56. The van der Waals surface area contributed by atoms with E-state index in [2.05, 4.69) is 20.6 Å². The number of hydrogen-bond acceptors (Lipinski definition) is 5. The Kier molecular flexibility index (Phi) is 7.83. The summed E-state index contributed by atoms with van der Waals surface area (Å²) in [5.41, 5.74) is 7.22. The fraction of sp³-hybridized carbons (Fsp3) is 0.259. The van der Waals surface area contributed by atoms with Gasteiger partial charge in [-0.25, -0.2) is 13.8 Å². The second-order valence-corrected chi connectivity index (χ2v) is 10.6. The van der Waals surface area contributed by atoms with E-state index in [0.29, 0.717) is 18.2 Å². The molecule has 0 aliphatic carbocycles. The minimum Gasteiger partial charge on any atom is -0.361 e. The number of carbonyl (C=O) groups excluding carboxylic acids is 2. The number of aromatic amines is 1. The Morgan fingerprint density at radius 2 is 1.69 bits per heavy atom. The van der Waals surface area contributed by atoms with Crippen molar-refractivity contribution in [1.29, 1.82) is 0 Å². The third-order valence-electron chi connectivity index (χ3n) is 6.48. The highest BCUT2D eigenvalue weighted by Crippen LogP contribution is 2.24. The Balaban J connectivity index is 1.49. The predicted molar refractivity (Wildman–Crippen MR) is 141 cm³/mol. The number of sulfonamides is 1. The monoisotopic (exact) mass is 506 g/mol. The van der Waals surface area contributed by atoms with Crippen molar-refractivity contribution in [3.8, 4) is 0 Å². The van der Waals surface area contributed by atoms with Crippen LogP contribution in [0.15, 0.2) is 77.8 Å². The van der Waals surface area contributed by atoms with Gasteiger partial charge >= 0.3 is 0 Å². The van der Waals surface area contributed by atoms with Crippen LogP contribution in [0.4, 0.5) is 0 Å². The molecule has 0 fully saturated rings. The number of fused-ring (bicyclic) bond motifs is 2. The zero-order valence-electron chi connectivity index (χ0n) is 20.2. The first-order valence-corrected chi connectivity index (χ1v) is 13.4. The maximum atomic E-state index is 13.3. The highest BCUT2D eigenvalue weighted by molar-refractivity contribution is 7.89. The zero-order chi connectivity index (χ0) is 25.7. The van der Waals surface area contributed by atoms with Crippen LogP contribution in [-0.4, -0.2) is 37.7 Å². The van der Waals surface area contributed by atoms with Crippen molar-refractivity contribution in [3.63, 3.8) is 0 Å². The van der Waals surface area contributed by atoms with E-state index in [0.717, 1.165) is 28.1 Å². The lowest BCUT2D eigenvalue weighted by molar-refractivity contribution is -0.125. The smallest absolute Gasteiger partial charge is 0.252 e. The van der Waals surface area contributed by atoms with Gasteiger partial charge in [0.2, 0.25) is 10.0 Å². The molecule has 0 radical (unpaired) electrons. The summed E-state index contributed by atoms with van der Waals surface area (Å²) in [6, 6.07) is 18.3. The molecule has 3 aromatic carbocycles. The number of rotatable bonds is 11. The molecular formula is C27H30N4O4S. The molecule has 1 amide bonds. The first-order valence-electron chi connectivity index (χ1n) is 11.9. The molecule has 0 bridgehead atoms. The van der Waals surface area contributed by atoms with Gasteiger partial charge in [-0.3, -0.25) is 10.2 Å². The highest BCUT2D eigenvalue weighted by Gasteiger charge is 2.31. The van der Waals surface area contributed by atoms with Crippen LogP contribution in [0.3, 0.4) is 0 Å². The van der Waals surface area contributed by atoms with Gasteiger partial charge in [0.05, 0.1) is 10.9 Å². The molecule has 1 heterocycles. The van der Waals surface area contributed by atoms with Crippen LogP contribution in [0.1, 0.15) is 25.8 Å². The average Bonchev–Trinajstić information content (AvgIpc) is 3.31. The standard InChI is InChI=1S/C27H30N4O4S/c1-3-18(2)26(31-36(34,35)25-14-8-10-19-9-4-5-12-23(19)25)27(33)30-29-21(17-32)15-20-16-28-24-13-7-6-11-22(20)24/h4-14,16-18,21,26,28-29,31H,3,15H2,1-2H3,(H,30,33)/t18?,21-,26+/m1/s1. The molecule has 0 saturated carbocycles. The summed E-state index contributed by atoms with van der Waals surface area (Å²) in [5.74, 6) is -0.848. The van der Waals surface area contributed by atoms with Crippen molar-refractivity contribution in [2.45, 2.75) is 43.7 Å². The van der Waals surface area contributed by atoms with Crippen molar-refractivity contribution in [2.24, 2.45) is 5.92 Å². The molecule has 0 saturated heterocycles. The van der Waals surface area contributed by atoms with Gasteiger partial charge in [0.25, 0.3) is 5.91 Å². The molecule has 9 heteroatoms. The lowest BCUT2D eigenvalue weighted by Gasteiger charge is -2.25. The second-order valence-electron chi connectivity index (χ2n) is 8.90. The van der Waals surface area contributed by atoms with E-state index in [9.17, 15) is 18.0 Å². The molecule has 3 atom stereocenters. The largest absolute Gasteiger partial charge is 0.361 e. The van der Waals surface area contributed by atoms with E-state index in [1.54, 1.807) is 25.1 Å². The summed E-state index contributed by atoms with van der Waals surface area (Å²) in [6.45, 7) is 3.69. The molecule has 8 nitrogen and oxygen atoms in total. The summed E-state index contributed by atoms with van der Waals surface area (Å²) in [7, 11) is -4.01. The fourth-order valence-corrected chi connectivity index (χ4v) is 5.77. The molecule has 0 spiro atoms. The maximum absolute atomic E-state index is 13.3. The Labute approximate surface area is 210 Å². The Morgan fingerprint density at radius 1 is 1.00 bits per heavy atom. The molecule has 188 valence electrons. The molecule has 4 aromatic rings. The molecule has 36 heavy (non-hydrogen) atoms. The van der Waals surface area contributed by atoms with Crippen LogP contribution >= 0.6 is 0 Å². The van der Waals surface area contributed by atoms with E-state index in [1.807, 2.05) is 55.6 Å². The molecular weight excluding hydrogens is 476 g/mol. The second kappa shape index (κ2) is 11.0. The minimum absolute atomic E-state index is 0.111. The number of nitrogens with one attached hydrogen (secondary N) is 4. The summed E-state index contributed by atoms with van der Waals surface area (Å²) < 4.78 is 29.3. The summed E-state index contributed by atoms with van der Waals surface area (Å²) in [5, 5.41) is 2.36. The molecule has 4 rings (SSSR count). The van der Waals surface area contributed by atoms with Gasteiger partial charge < -0.3 is 9.78 Å². The zero-order valence-corrected chi connectivity index (χ0v) is 21.0. The topological polar surface area (TPSA) is 120 Å². The van der Waals surface area contributed by atoms with Crippen LogP contribution in [0.5, 0.6) is 0 Å². The predicted octanol–water partition coefficient (Wildman–Crippen LogP) is 3.45. The van der Waals surface area contributed by atoms with E-state index in [1.165, 1.54) is 6.07 Å². The number of benzene rings is 3. The van der Waals surface area contributed by atoms with Gasteiger partial charge in [-0.15, -0.1) is 0 Å². The molecule has 1 aromatic heterocycles. The molecule has 0 aliphatic rings. The van der Waals surface area contributed by atoms with Crippen LogP contribution in [-0.2, 0) is 26.0 Å². The number of amides is 1. The quantitative estimate of drug-likeness (QED) is 0.183. The van der Waals surface area contributed by atoms with E-state index < -0.39 is 28.0 Å². The highest BCUT2D eigenvalue weighted by atomic mass is 32.2. The van der Waals surface area contributed by atoms with Crippen molar-refractivity contribution in [2.75, 3.05) is 0 Å². The molecule has 0 aliphatic heterocycles. The Morgan fingerprint density at radius 3 is 2.44 bits per heavy atom. The number of hydrogen-bond donors (Lipinski definition) is 4. The number of aromatic nitrogens is 1. The fourth-order valence-electron chi connectivity index (χ4n) is 4.24. The summed E-state index contributed by atoms with van der Waals surface area (Å²) in [6.07, 6.45) is 3.48. The van der Waals surface area contributed by atoms with Gasteiger partial charge in [-0.2, -0.15) is 4.72 Å². The third kappa shape index (κ3) is 5.48. The van der Waals surface area contributed by atoms with Crippen molar-refractivity contribution in [1.82, 2.24) is 20.6 Å². The maximum Gasteiger partial charge on any atom is 0.252 e. The Bertz CT molecular complexity index is 1480. The third-order valence-corrected chi connectivity index (χ3v) is 7.98. The Hall–Kier alpha value is -3.53. The van der Waals surface area contributed by atoms with Crippen molar-refractivity contribution >= 4 is 43.9 Å². The minimum atomic E-state index is -4.01. The molecule has 1 unspecified atom stereocenters. The SMILES string of the molecule is CCC(C)[C@H](NS(=O)(=O)c1cccc2ccccc12)C(=O)NN[C@@H](C=O)Cc1c[nH]c2ccccc12. The number of hydrazine groups is 1. The normalized spacial score (nSPS) is 14.4. The first kappa shape index (κ1) is 25.6. The van der Waals surface area contributed by atoms with Crippen LogP contribution < -0.4 is 15.6 Å². The van der Waals surface area contributed by atoms with Gasteiger partial charge in [0, 0.05) is 22.5 Å². The van der Waals surface area contributed by atoms with E-state index in [4.69, 9.17) is 0 Å². The molecule has 4 N–H and O–H groups in total. The summed E-state index contributed by atoms with van der Waals surface area (Å²) in [4.78, 5) is 28.2. The van der Waals surface area contributed by atoms with Crippen molar-refractivity contribution < 1.29 is 18.0 Å². The van der Waals surface area contributed by atoms with E-state index in [-0.39, 0.29) is 10.8 Å². The number of carbonyl (C=O) groups is 2. The summed E-state index contributed by atoms with van der Waals surface area (Å²) >= 11 is 0. The van der Waals surface area contributed by atoms with Gasteiger partial charge in [-0.1, -0.05) is 74.9 Å². The number of para-hydroxylation sites is 1. The van der Waals surface area contributed by atoms with Crippen LogP contribution in [0.2, 0.25) is 0 Å².